The first kappa shape index (κ1) is 21.1. The van der Waals surface area contributed by atoms with Crippen LogP contribution in [0.15, 0.2) is 16.3 Å². The minimum Gasteiger partial charge on any atom is -0.394 e. The number of halogens is 1. The van der Waals surface area contributed by atoms with Gasteiger partial charge in [-0.05, 0) is 92.4 Å². The van der Waals surface area contributed by atoms with E-state index >= 15 is 0 Å². The molecule has 0 amide bonds. The van der Waals surface area contributed by atoms with Gasteiger partial charge in [0.1, 0.15) is 6.61 Å². The van der Waals surface area contributed by atoms with Crippen molar-refractivity contribution < 1.29 is 9.94 Å². The molecule has 0 saturated heterocycles. The van der Waals surface area contributed by atoms with Crippen molar-refractivity contribution in [3.8, 4) is 0 Å². The zero-order valence-corrected chi connectivity index (χ0v) is 18.0. The van der Waals surface area contributed by atoms with E-state index < -0.39 is 0 Å². The summed E-state index contributed by atoms with van der Waals surface area (Å²) in [7, 11) is 0. The molecule has 6 atom stereocenters. The van der Waals surface area contributed by atoms with Crippen LogP contribution in [0.4, 0.5) is 0 Å². The van der Waals surface area contributed by atoms with Crippen LogP contribution in [0.5, 0.6) is 0 Å². The molecule has 4 rings (SSSR count). The smallest absolute Gasteiger partial charge is 0.129 e. The van der Waals surface area contributed by atoms with Crippen LogP contribution in [0.25, 0.3) is 0 Å². The van der Waals surface area contributed by atoms with Gasteiger partial charge in [0.15, 0.2) is 0 Å². The van der Waals surface area contributed by atoms with Crippen LogP contribution >= 0.6 is 12.4 Å². The molecule has 0 aromatic carbocycles. The van der Waals surface area contributed by atoms with E-state index in [0.717, 1.165) is 36.3 Å². The standard InChI is InChI=1S/C22H36N2O2.ClH/c1-14-16-5-4-15-17-6-7-20(25)22(17,3)10-8-18(15)21(16,2)11-9-19(14)24-26-13-12-23;/h15,17-18,20,25H,4-13,23H2,1-3H3;1H/b24-19+;/t15-,17-,18-,20-,21-,22-;/m0./s1. The normalized spacial score (nSPS) is 45.0. The molecule has 0 bridgehead atoms. The monoisotopic (exact) mass is 396 g/mol. The maximum Gasteiger partial charge on any atom is 0.129 e. The Morgan fingerprint density at radius 2 is 1.89 bits per heavy atom. The van der Waals surface area contributed by atoms with E-state index in [1.54, 1.807) is 5.57 Å². The highest BCUT2D eigenvalue weighted by Gasteiger charge is 2.59. The molecule has 4 nitrogen and oxygen atoms in total. The van der Waals surface area contributed by atoms with Crippen molar-refractivity contribution in [1.82, 2.24) is 0 Å². The third-order valence-electron chi connectivity index (χ3n) is 8.77. The van der Waals surface area contributed by atoms with E-state index in [1.165, 1.54) is 44.1 Å². The maximum absolute atomic E-state index is 10.6. The largest absolute Gasteiger partial charge is 0.394 e. The van der Waals surface area contributed by atoms with Gasteiger partial charge in [-0.1, -0.05) is 24.6 Å². The molecule has 0 unspecified atom stereocenters. The lowest BCUT2D eigenvalue weighted by Crippen LogP contribution is -2.51. The molecule has 0 radical (unpaired) electrons. The van der Waals surface area contributed by atoms with E-state index in [1.807, 2.05) is 0 Å². The molecular weight excluding hydrogens is 360 g/mol. The van der Waals surface area contributed by atoms with Gasteiger partial charge in [0.25, 0.3) is 0 Å². The molecule has 0 heterocycles. The second kappa shape index (κ2) is 7.68. The second-order valence-corrected chi connectivity index (χ2v) is 9.73. The van der Waals surface area contributed by atoms with Gasteiger partial charge in [-0.2, -0.15) is 0 Å². The summed E-state index contributed by atoms with van der Waals surface area (Å²) in [6.45, 7) is 8.15. The molecular formula is C22H37ClN2O2. The molecule has 0 aromatic heterocycles. The van der Waals surface area contributed by atoms with E-state index in [9.17, 15) is 5.11 Å². The fourth-order valence-electron chi connectivity index (χ4n) is 7.26. The molecule has 3 N–H and O–H groups in total. The Labute approximate surface area is 170 Å². The van der Waals surface area contributed by atoms with E-state index in [2.05, 4.69) is 25.9 Å². The molecule has 4 aliphatic rings. The third kappa shape index (κ3) is 3.16. The highest BCUT2D eigenvalue weighted by Crippen LogP contribution is 2.65. The Kier molecular flexibility index (Phi) is 6.01. The lowest BCUT2D eigenvalue weighted by Gasteiger charge is -2.58. The van der Waals surface area contributed by atoms with Gasteiger partial charge < -0.3 is 15.7 Å². The van der Waals surface area contributed by atoms with Gasteiger partial charge in [0.2, 0.25) is 0 Å². The molecule has 5 heteroatoms. The highest BCUT2D eigenvalue weighted by atomic mass is 35.5. The summed E-state index contributed by atoms with van der Waals surface area (Å²) in [6, 6.07) is 0. The minimum absolute atomic E-state index is 0. The zero-order valence-electron chi connectivity index (χ0n) is 17.2. The number of aliphatic hydroxyl groups excluding tert-OH is 1. The fourth-order valence-corrected chi connectivity index (χ4v) is 7.26. The van der Waals surface area contributed by atoms with Crippen molar-refractivity contribution in [2.24, 2.45) is 39.5 Å². The van der Waals surface area contributed by atoms with Gasteiger partial charge in [0.05, 0.1) is 11.8 Å². The molecule has 0 aliphatic heterocycles. The number of oxime groups is 1. The zero-order chi connectivity index (χ0) is 18.5. The van der Waals surface area contributed by atoms with E-state index in [4.69, 9.17) is 10.6 Å². The van der Waals surface area contributed by atoms with Gasteiger partial charge in [-0.3, -0.25) is 0 Å². The summed E-state index contributed by atoms with van der Waals surface area (Å²) < 4.78 is 0. The number of rotatable bonds is 3. The highest BCUT2D eigenvalue weighted by molar-refractivity contribution is 6.01. The topological polar surface area (TPSA) is 67.8 Å². The Hall–Kier alpha value is -0.580. The first-order chi connectivity index (χ1) is 12.4. The Morgan fingerprint density at radius 1 is 1.11 bits per heavy atom. The Bertz CT molecular complexity index is 634. The second-order valence-electron chi connectivity index (χ2n) is 9.73. The molecule has 4 aliphatic carbocycles. The quantitative estimate of drug-likeness (QED) is 0.546. The summed E-state index contributed by atoms with van der Waals surface area (Å²) in [4.78, 5) is 5.39. The summed E-state index contributed by atoms with van der Waals surface area (Å²) in [5, 5.41) is 15.0. The first-order valence-electron chi connectivity index (χ1n) is 10.7. The van der Waals surface area contributed by atoms with Crippen molar-refractivity contribution in [3.63, 3.8) is 0 Å². The number of nitrogens with zero attached hydrogens (tertiary/aromatic N) is 1. The predicted molar refractivity (Wildman–Crippen MR) is 112 cm³/mol. The van der Waals surface area contributed by atoms with Crippen molar-refractivity contribution >= 4 is 18.1 Å². The molecule has 3 saturated carbocycles. The molecule has 0 aromatic rings. The van der Waals surface area contributed by atoms with Crippen molar-refractivity contribution in [2.45, 2.75) is 78.2 Å². The number of hydrogen-bond donors (Lipinski definition) is 2. The van der Waals surface area contributed by atoms with Crippen LogP contribution in [-0.4, -0.2) is 30.1 Å². The van der Waals surface area contributed by atoms with Gasteiger partial charge in [-0.15, -0.1) is 12.4 Å². The maximum atomic E-state index is 10.6. The van der Waals surface area contributed by atoms with E-state index in [-0.39, 0.29) is 23.9 Å². The summed E-state index contributed by atoms with van der Waals surface area (Å²) >= 11 is 0. The average molecular weight is 397 g/mol. The lowest BCUT2D eigenvalue weighted by atomic mass is 9.47. The third-order valence-corrected chi connectivity index (χ3v) is 8.77. The van der Waals surface area contributed by atoms with Crippen molar-refractivity contribution in [2.75, 3.05) is 13.2 Å². The van der Waals surface area contributed by atoms with Crippen LogP contribution in [0, 0.1) is 28.6 Å². The van der Waals surface area contributed by atoms with E-state index in [0.29, 0.717) is 18.6 Å². The van der Waals surface area contributed by atoms with Gasteiger partial charge in [-0.25, -0.2) is 0 Å². The summed E-state index contributed by atoms with van der Waals surface area (Å²) in [5.74, 6) is 2.29. The fraction of sp³-hybridized carbons (Fsp3) is 0.864. The SMILES string of the molecule is CC1=C2CC[C@H]3[C@@H]4CC[C@H](O)[C@@]4(C)CC[C@@H]3[C@@]2(C)CC/C1=N\OCCN.Cl. The number of allylic oxidation sites excluding steroid dienone is 2. The number of hydrogen-bond acceptors (Lipinski definition) is 4. The van der Waals surface area contributed by atoms with Gasteiger partial charge >= 0.3 is 0 Å². The van der Waals surface area contributed by atoms with Crippen molar-refractivity contribution in [3.05, 3.63) is 11.1 Å². The molecule has 154 valence electrons. The predicted octanol–water partition coefficient (Wildman–Crippen LogP) is 4.45. The van der Waals surface area contributed by atoms with Crippen LogP contribution in [0.1, 0.15) is 72.1 Å². The van der Waals surface area contributed by atoms with Gasteiger partial charge in [0, 0.05) is 6.54 Å². The minimum atomic E-state index is -0.0790. The number of fused-ring (bicyclic) bond motifs is 5. The van der Waals surface area contributed by atoms with Crippen LogP contribution in [0.2, 0.25) is 0 Å². The van der Waals surface area contributed by atoms with Crippen molar-refractivity contribution in [1.29, 1.82) is 0 Å². The number of nitrogens with two attached hydrogens (primary N) is 1. The molecule has 27 heavy (non-hydrogen) atoms. The lowest BCUT2D eigenvalue weighted by molar-refractivity contribution is -0.0725. The first-order valence-corrected chi connectivity index (χ1v) is 10.7. The Balaban J connectivity index is 0.00000210. The van der Waals surface area contributed by atoms with Crippen LogP contribution in [-0.2, 0) is 4.84 Å². The van der Waals surface area contributed by atoms with Crippen LogP contribution < -0.4 is 5.73 Å². The Morgan fingerprint density at radius 3 is 2.63 bits per heavy atom. The summed E-state index contributed by atoms with van der Waals surface area (Å²) in [6.07, 6.45) is 9.33. The molecule has 3 fully saturated rings. The van der Waals surface area contributed by atoms with Crippen LogP contribution in [0.3, 0.4) is 0 Å². The summed E-state index contributed by atoms with van der Waals surface area (Å²) in [5.41, 5.74) is 10.2. The molecule has 0 spiro atoms. The number of aliphatic hydroxyl groups is 1. The average Bonchev–Trinajstić information content (AvgIpc) is 2.92.